The molecule has 0 N–H and O–H groups in total. The second-order valence-corrected chi connectivity index (χ2v) is 2.75. The molecule has 0 aliphatic heterocycles. The van der Waals surface area contributed by atoms with Crippen LogP contribution in [0.25, 0.3) is 0 Å². The fourth-order valence-electron chi connectivity index (χ4n) is 0.949. The van der Waals surface area contributed by atoms with Crippen molar-refractivity contribution in [3.05, 3.63) is 0 Å². The maximum atomic E-state index is 11.1. The molecule has 0 heterocycles. The van der Waals surface area contributed by atoms with Crippen LogP contribution in [0, 0.1) is 0 Å². The Balaban J connectivity index is 4.03. The van der Waals surface area contributed by atoms with Gasteiger partial charge >= 0.3 is 5.97 Å². The van der Waals surface area contributed by atoms with Gasteiger partial charge in [0.25, 0.3) is 0 Å². The van der Waals surface area contributed by atoms with Crippen molar-refractivity contribution in [1.82, 2.24) is 4.90 Å². The number of hydrogen-bond acceptors (Lipinski definition) is 4. The molecule has 0 aromatic carbocycles. The van der Waals surface area contributed by atoms with Crippen molar-refractivity contribution in [3.63, 3.8) is 0 Å². The van der Waals surface area contributed by atoms with Crippen molar-refractivity contribution in [3.8, 4) is 0 Å². The molecule has 0 amide bonds. The van der Waals surface area contributed by atoms with Crippen molar-refractivity contribution in [2.45, 2.75) is 18.9 Å². The summed E-state index contributed by atoms with van der Waals surface area (Å²) in [6, 6.07) is -0.305. The summed E-state index contributed by atoms with van der Waals surface area (Å²) in [6.07, 6.45) is 1.71. The number of likely N-dealkylation sites (N-methyl/N-ethyl adjacent to an activating group) is 1. The van der Waals surface area contributed by atoms with E-state index in [0.29, 0.717) is 12.8 Å². The normalized spacial score (nSPS) is 12.7. The minimum absolute atomic E-state index is 0.290. The minimum atomic E-state index is -0.305. The second-order valence-electron chi connectivity index (χ2n) is 2.75. The summed E-state index contributed by atoms with van der Waals surface area (Å²) in [5.41, 5.74) is 0. The van der Waals surface area contributed by atoms with Crippen LogP contribution >= 0.6 is 0 Å². The monoisotopic (exact) mass is 173 g/mol. The summed E-state index contributed by atoms with van der Waals surface area (Å²) < 4.78 is 4.57. The Morgan fingerprint density at radius 2 is 2.17 bits per heavy atom. The summed E-state index contributed by atoms with van der Waals surface area (Å²) in [4.78, 5) is 22.9. The number of ether oxygens (including phenoxy) is 1. The molecule has 12 heavy (non-hydrogen) atoms. The lowest BCUT2D eigenvalue weighted by Gasteiger charge is -2.20. The van der Waals surface area contributed by atoms with Gasteiger partial charge in [-0.1, -0.05) is 0 Å². The van der Waals surface area contributed by atoms with Crippen LogP contribution in [-0.4, -0.2) is 44.4 Å². The van der Waals surface area contributed by atoms with E-state index >= 15 is 0 Å². The predicted octanol–water partition coefficient (Wildman–Crippen LogP) is 0.0687. The van der Waals surface area contributed by atoms with E-state index in [1.807, 2.05) is 0 Å². The van der Waals surface area contributed by atoms with Gasteiger partial charge in [0.05, 0.1) is 7.11 Å². The number of hydrogen-bond donors (Lipinski definition) is 0. The van der Waals surface area contributed by atoms with Gasteiger partial charge in [0, 0.05) is 6.42 Å². The first-order chi connectivity index (χ1) is 5.63. The van der Waals surface area contributed by atoms with Crippen LogP contribution in [0.4, 0.5) is 0 Å². The fourth-order valence-corrected chi connectivity index (χ4v) is 0.949. The molecule has 0 bridgehead atoms. The zero-order chi connectivity index (χ0) is 9.56. The first-order valence-corrected chi connectivity index (χ1v) is 3.81. The summed E-state index contributed by atoms with van der Waals surface area (Å²) in [5, 5.41) is 0. The first kappa shape index (κ1) is 11.1. The number of rotatable bonds is 5. The fraction of sp³-hybridized carbons (Fsp3) is 0.750. The Kier molecular flexibility index (Phi) is 5.28. The maximum Gasteiger partial charge on any atom is 0.323 e. The Morgan fingerprint density at radius 3 is 2.50 bits per heavy atom. The molecule has 0 radical (unpaired) electrons. The smallest absolute Gasteiger partial charge is 0.323 e. The summed E-state index contributed by atoms with van der Waals surface area (Å²) in [7, 11) is 4.92. The highest BCUT2D eigenvalue weighted by molar-refractivity contribution is 5.75. The van der Waals surface area contributed by atoms with E-state index in [-0.39, 0.29) is 12.0 Å². The zero-order valence-electron chi connectivity index (χ0n) is 7.74. The van der Waals surface area contributed by atoms with Crippen LogP contribution in [0.2, 0.25) is 0 Å². The molecule has 0 rings (SSSR count). The van der Waals surface area contributed by atoms with E-state index in [4.69, 9.17) is 0 Å². The average Bonchev–Trinajstić information content (AvgIpc) is 2.04. The number of carbonyl (C=O) groups excluding carboxylic acids is 2. The van der Waals surface area contributed by atoms with Crippen LogP contribution in [-0.2, 0) is 14.3 Å². The highest BCUT2D eigenvalue weighted by Gasteiger charge is 2.20. The summed E-state index contributed by atoms with van der Waals surface area (Å²) >= 11 is 0. The quantitative estimate of drug-likeness (QED) is 0.436. The third-order valence-electron chi connectivity index (χ3n) is 1.65. The van der Waals surface area contributed by atoms with Crippen LogP contribution < -0.4 is 0 Å². The SMILES string of the molecule is COC(=O)[C@H](CCC=O)N(C)C. The van der Waals surface area contributed by atoms with Gasteiger partial charge in [-0.2, -0.15) is 0 Å². The molecule has 4 nitrogen and oxygen atoms in total. The largest absolute Gasteiger partial charge is 0.468 e. The number of methoxy groups -OCH3 is 1. The van der Waals surface area contributed by atoms with E-state index in [0.717, 1.165) is 6.29 Å². The summed E-state index contributed by atoms with van der Waals surface area (Å²) in [6.45, 7) is 0. The van der Waals surface area contributed by atoms with E-state index in [2.05, 4.69) is 4.74 Å². The van der Waals surface area contributed by atoms with Crippen molar-refractivity contribution >= 4 is 12.3 Å². The Bertz CT molecular complexity index is 156. The van der Waals surface area contributed by atoms with Crippen LogP contribution in [0.3, 0.4) is 0 Å². The number of nitrogens with zero attached hydrogens (tertiary/aromatic N) is 1. The number of aldehydes is 1. The van der Waals surface area contributed by atoms with Gasteiger partial charge in [0.1, 0.15) is 12.3 Å². The van der Waals surface area contributed by atoms with Crippen LogP contribution in [0.1, 0.15) is 12.8 Å². The highest BCUT2D eigenvalue weighted by atomic mass is 16.5. The molecule has 0 aliphatic rings. The van der Waals surface area contributed by atoms with Gasteiger partial charge in [-0.15, -0.1) is 0 Å². The standard InChI is InChI=1S/C8H15NO3/c1-9(2)7(5-4-6-10)8(11)12-3/h6-7H,4-5H2,1-3H3/t7-/m0/s1. The van der Waals surface area contributed by atoms with Gasteiger partial charge in [-0.05, 0) is 20.5 Å². The lowest BCUT2D eigenvalue weighted by molar-refractivity contribution is -0.146. The van der Waals surface area contributed by atoms with Crippen molar-refractivity contribution in [1.29, 1.82) is 0 Å². The number of carbonyl (C=O) groups is 2. The second kappa shape index (κ2) is 5.71. The molecule has 0 saturated heterocycles. The third kappa shape index (κ3) is 3.48. The average molecular weight is 173 g/mol. The molecule has 0 fully saturated rings. The summed E-state index contributed by atoms with van der Waals surface area (Å²) in [5.74, 6) is -0.290. The molecule has 0 saturated carbocycles. The van der Waals surface area contributed by atoms with Gasteiger partial charge in [0.15, 0.2) is 0 Å². The molecular weight excluding hydrogens is 158 g/mol. The number of esters is 1. The first-order valence-electron chi connectivity index (χ1n) is 3.81. The molecule has 0 unspecified atom stereocenters. The Labute approximate surface area is 72.5 Å². The predicted molar refractivity (Wildman–Crippen MR) is 44.8 cm³/mol. The highest BCUT2D eigenvalue weighted by Crippen LogP contribution is 2.03. The van der Waals surface area contributed by atoms with Gasteiger partial charge in [-0.3, -0.25) is 9.69 Å². The van der Waals surface area contributed by atoms with E-state index in [1.165, 1.54) is 7.11 Å². The minimum Gasteiger partial charge on any atom is -0.468 e. The third-order valence-corrected chi connectivity index (χ3v) is 1.65. The van der Waals surface area contributed by atoms with Crippen LogP contribution in [0.15, 0.2) is 0 Å². The lowest BCUT2D eigenvalue weighted by atomic mass is 10.1. The van der Waals surface area contributed by atoms with Crippen LogP contribution in [0.5, 0.6) is 0 Å². The maximum absolute atomic E-state index is 11.1. The topological polar surface area (TPSA) is 46.6 Å². The Hall–Kier alpha value is -0.900. The van der Waals surface area contributed by atoms with Gasteiger partial charge < -0.3 is 9.53 Å². The van der Waals surface area contributed by atoms with E-state index < -0.39 is 0 Å². The van der Waals surface area contributed by atoms with E-state index in [1.54, 1.807) is 19.0 Å². The molecule has 4 heteroatoms. The van der Waals surface area contributed by atoms with E-state index in [9.17, 15) is 9.59 Å². The molecule has 0 aromatic rings. The van der Waals surface area contributed by atoms with Crippen molar-refractivity contribution < 1.29 is 14.3 Å². The van der Waals surface area contributed by atoms with Gasteiger partial charge in [0.2, 0.25) is 0 Å². The molecule has 70 valence electrons. The molecule has 0 aromatic heterocycles. The molecule has 1 atom stereocenters. The molecule has 0 spiro atoms. The molecule has 0 aliphatic carbocycles. The van der Waals surface area contributed by atoms with Gasteiger partial charge in [-0.25, -0.2) is 0 Å². The molecular formula is C8H15NO3. The Morgan fingerprint density at radius 1 is 1.58 bits per heavy atom. The lowest BCUT2D eigenvalue weighted by Crippen LogP contribution is -2.36. The zero-order valence-corrected chi connectivity index (χ0v) is 7.74. The van der Waals surface area contributed by atoms with Crippen molar-refractivity contribution in [2.24, 2.45) is 0 Å². The van der Waals surface area contributed by atoms with Crippen molar-refractivity contribution in [2.75, 3.05) is 21.2 Å².